The summed E-state index contributed by atoms with van der Waals surface area (Å²) in [6.07, 6.45) is 6.81. The Labute approximate surface area is 134 Å². The van der Waals surface area contributed by atoms with Gasteiger partial charge in [-0.3, -0.25) is 4.79 Å². The summed E-state index contributed by atoms with van der Waals surface area (Å²) in [6.45, 7) is 3.45. The predicted molar refractivity (Wildman–Crippen MR) is 89.5 cm³/mol. The van der Waals surface area contributed by atoms with Crippen LogP contribution in [-0.2, 0) is 6.54 Å². The van der Waals surface area contributed by atoms with Crippen LogP contribution in [0.4, 0.5) is 5.69 Å². The van der Waals surface area contributed by atoms with Gasteiger partial charge in [0.25, 0.3) is 5.91 Å². The first kappa shape index (κ1) is 15.0. The molecule has 0 aliphatic heterocycles. The Morgan fingerprint density at radius 1 is 1.22 bits per heavy atom. The molecule has 1 aromatic carbocycles. The molecule has 2 heterocycles. The maximum atomic E-state index is 12.4. The molecule has 1 N–H and O–H groups in total. The lowest BCUT2D eigenvalue weighted by molar-refractivity contribution is 0.0947. The Hall–Kier alpha value is -2.89. The lowest BCUT2D eigenvalue weighted by atomic mass is 10.1. The van der Waals surface area contributed by atoms with Gasteiger partial charge in [0.15, 0.2) is 11.3 Å². The van der Waals surface area contributed by atoms with Crippen LogP contribution in [0, 0.1) is 0 Å². The Bertz CT molecular complexity index is 826. The second kappa shape index (κ2) is 6.48. The van der Waals surface area contributed by atoms with E-state index < -0.39 is 0 Å². The number of nitrogens with one attached hydrogen (secondary N) is 1. The van der Waals surface area contributed by atoms with Crippen molar-refractivity contribution in [1.29, 1.82) is 0 Å². The molecule has 0 spiro atoms. The van der Waals surface area contributed by atoms with Crippen molar-refractivity contribution in [2.24, 2.45) is 0 Å². The van der Waals surface area contributed by atoms with Gasteiger partial charge in [-0.15, -0.1) is 0 Å². The van der Waals surface area contributed by atoms with Crippen molar-refractivity contribution in [3.8, 4) is 0 Å². The van der Waals surface area contributed by atoms with Crippen LogP contribution in [-0.4, -0.2) is 33.9 Å². The highest BCUT2D eigenvalue weighted by Gasteiger charge is 2.14. The van der Waals surface area contributed by atoms with Crippen molar-refractivity contribution in [3.05, 3.63) is 60.3 Å². The molecule has 0 radical (unpaired) electrons. The number of fused-ring (bicyclic) bond motifs is 1. The van der Waals surface area contributed by atoms with Gasteiger partial charge in [0, 0.05) is 50.6 Å². The molecule has 0 saturated heterocycles. The Morgan fingerprint density at radius 2 is 1.96 bits per heavy atom. The minimum absolute atomic E-state index is 0.226. The molecule has 0 atom stereocenters. The smallest absolute Gasteiger partial charge is 0.274 e. The van der Waals surface area contributed by atoms with Gasteiger partial charge in [-0.25, -0.2) is 9.97 Å². The fourth-order valence-electron chi connectivity index (χ4n) is 2.48. The number of anilines is 1. The zero-order chi connectivity index (χ0) is 16.2. The van der Waals surface area contributed by atoms with Crippen LogP contribution in [0.3, 0.4) is 0 Å². The van der Waals surface area contributed by atoms with Crippen LogP contribution >= 0.6 is 0 Å². The van der Waals surface area contributed by atoms with Crippen LogP contribution in [0.25, 0.3) is 5.65 Å². The summed E-state index contributed by atoms with van der Waals surface area (Å²) in [7, 11) is 2.04. The van der Waals surface area contributed by atoms with Crippen LogP contribution in [0.1, 0.15) is 23.0 Å². The molecule has 6 nitrogen and oxygen atoms in total. The molecular weight excluding hydrogens is 290 g/mol. The topological polar surface area (TPSA) is 62.5 Å². The maximum absolute atomic E-state index is 12.4. The average Bonchev–Trinajstić information content (AvgIpc) is 3.07. The standard InChI is InChI=1S/C17H19N5O/c1-3-21(2)14-7-5-4-6-13(14)12-20-17(23)15-16-19-9-11-22(16)10-8-18-15/h4-11H,3,12H2,1-2H3,(H,20,23). The largest absolute Gasteiger partial charge is 0.375 e. The summed E-state index contributed by atoms with van der Waals surface area (Å²) in [5, 5.41) is 2.94. The van der Waals surface area contributed by atoms with Gasteiger partial charge in [-0.05, 0) is 18.6 Å². The van der Waals surface area contributed by atoms with Crippen molar-refractivity contribution in [3.63, 3.8) is 0 Å². The molecule has 3 aromatic rings. The number of carbonyl (C=O) groups excluding carboxylic acids is 1. The number of hydrogen-bond donors (Lipinski definition) is 1. The van der Waals surface area contributed by atoms with Crippen LogP contribution in [0.15, 0.2) is 49.1 Å². The number of carbonyl (C=O) groups is 1. The number of benzene rings is 1. The molecule has 0 saturated carbocycles. The van der Waals surface area contributed by atoms with Crippen LogP contribution in [0.5, 0.6) is 0 Å². The third-order valence-electron chi connectivity index (χ3n) is 3.84. The van der Waals surface area contributed by atoms with Gasteiger partial charge in [-0.1, -0.05) is 18.2 Å². The van der Waals surface area contributed by atoms with Gasteiger partial charge < -0.3 is 14.6 Å². The van der Waals surface area contributed by atoms with E-state index in [1.165, 1.54) is 0 Å². The Morgan fingerprint density at radius 3 is 2.74 bits per heavy atom. The first-order valence-electron chi connectivity index (χ1n) is 7.55. The van der Waals surface area contributed by atoms with Crippen LogP contribution < -0.4 is 10.2 Å². The minimum atomic E-state index is -0.226. The van der Waals surface area contributed by atoms with Crippen LogP contribution in [0.2, 0.25) is 0 Å². The van der Waals surface area contributed by atoms with E-state index in [1.807, 2.05) is 25.2 Å². The van der Waals surface area contributed by atoms with Crippen molar-refractivity contribution < 1.29 is 4.79 Å². The number of amides is 1. The van der Waals surface area contributed by atoms with E-state index in [-0.39, 0.29) is 5.91 Å². The highest BCUT2D eigenvalue weighted by atomic mass is 16.1. The number of hydrogen-bond acceptors (Lipinski definition) is 4. The van der Waals surface area contributed by atoms with Crippen molar-refractivity contribution >= 4 is 17.2 Å². The van der Waals surface area contributed by atoms with Crippen molar-refractivity contribution in [2.75, 3.05) is 18.5 Å². The molecule has 0 aliphatic rings. The predicted octanol–water partition coefficient (Wildman–Crippen LogP) is 2.12. The van der Waals surface area contributed by atoms with Crippen molar-refractivity contribution in [1.82, 2.24) is 19.7 Å². The normalized spacial score (nSPS) is 10.7. The van der Waals surface area contributed by atoms with Gasteiger partial charge in [0.1, 0.15) is 0 Å². The fourth-order valence-corrected chi connectivity index (χ4v) is 2.48. The molecule has 0 bridgehead atoms. The molecule has 23 heavy (non-hydrogen) atoms. The zero-order valence-corrected chi connectivity index (χ0v) is 13.2. The molecule has 0 fully saturated rings. The number of para-hydroxylation sites is 1. The number of imidazole rings is 1. The van der Waals surface area contributed by atoms with E-state index in [1.54, 1.807) is 29.2 Å². The van der Waals surface area contributed by atoms with E-state index in [2.05, 4.69) is 33.2 Å². The van der Waals surface area contributed by atoms with E-state index in [0.717, 1.165) is 17.8 Å². The maximum Gasteiger partial charge on any atom is 0.274 e. The highest BCUT2D eigenvalue weighted by molar-refractivity contribution is 5.97. The second-order valence-electron chi connectivity index (χ2n) is 5.26. The second-order valence-corrected chi connectivity index (χ2v) is 5.26. The third-order valence-corrected chi connectivity index (χ3v) is 3.84. The molecule has 0 aliphatic carbocycles. The summed E-state index contributed by atoms with van der Waals surface area (Å²) in [5.74, 6) is -0.226. The molecule has 2 aromatic heterocycles. The monoisotopic (exact) mass is 309 g/mol. The average molecular weight is 309 g/mol. The van der Waals surface area contributed by atoms with Gasteiger partial charge in [0.2, 0.25) is 0 Å². The molecular formula is C17H19N5O. The highest BCUT2D eigenvalue weighted by Crippen LogP contribution is 2.18. The minimum Gasteiger partial charge on any atom is -0.375 e. The first-order chi connectivity index (χ1) is 11.2. The van der Waals surface area contributed by atoms with Crippen molar-refractivity contribution in [2.45, 2.75) is 13.5 Å². The van der Waals surface area contributed by atoms with E-state index in [0.29, 0.717) is 17.9 Å². The van der Waals surface area contributed by atoms with E-state index in [4.69, 9.17) is 0 Å². The summed E-state index contributed by atoms with van der Waals surface area (Å²) in [5.41, 5.74) is 3.07. The lowest BCUT2D eigenvalue weighted by Crippen LogP contribution is -2.26. The Kier molecular flexibility index (Phi) is 4.23. The van der Waals surface area contributed by atoms with Gasteiger partial charge in [0.05, 0.1) is 0 Å². The summed E-state index contributed by atoms with van der Waals surface area (Å²) in [4.78, 5) is 22.9. The zero-order valence-electron chi connectivity index (χ0n) is 13.2. The molecule has 3 rings (SSSR count). The number of nitrogens with zero attached hydrogens (tertiary/aromatic N) is 4. The van der Waals surface area contributed by atoms with E-state index >= 15 is 0 Å². The summed E-state index contributed by atoms with van der Waals surface area (Å²) in [6, 6.07) is 8.05. The summed E-state index contributed by atoms with van der Waals surface area (Å²) < 4.78 is 1.78. The summed E-state index contributed by atoms with van der Waals surface area (Å²) >= 11 is 0. The van der Waals surface area contributed by atoms with E-state index in [9.17, 15) is 4.79 Å². The number of rotatable bonds is 5. The molecule has 118 valence electrons. The SMILES string of the molecule is CCN(C)c1ccccc1CNC(=O)c1nccn2ccnc12. The molecule has 6 heteroatoms. The number of aromatic nitrogens is 3. The fraction of sp³-hybridized carbons (Fsp3) is 0.235. The van der Waals surface area contributed by atoms with Gasteiger partial charge >= 0.3 is 0 Å². The molecule has 1 amide bonds. The quantitative estimate of drug-likeness (QED) is 0.784. The first-order valence-corrected chi connectivity index (χ1v) is 7.55. The van der Waals surface area contributed by atoms with Gasteiger partial charge in [-0.2, -0.15) is 0 Å². The lowest BCUT2D eigenvalue weighted by Gasteiger charge is -2.20. The third kappa shape index (κ3) is 3.01. The molecule has 0 unspecified atom stereocenters. The Balaban J connectivity index is 1.79.